The van der Waals surface area contributed by atoms with E-state index in [2.05, 4.69) is 11.2 Å². The first kappa shape index (κ1) is 15.9. The van der Waals surface area contributed by atoms with Crippen molar-refractivity contribution in [2.45, 2.75) is 37.6 Å². The van der Waals surface area contributed by atoms with Gasteiger partial charge in [-0.25, -0.2) is 0 Å². The van der Waals surface area contributed by atoms with E-state index in [0.717, 1.165) is 12.8 Å². The quantitative estimate of drug-likeness (QED) is 0.790. The van der Waals surface area contributed by atoms with E-state index in [1.54, 1.807) is 24.3 Å². The Bertz CT molecular complexity index is 580. The maximum absolute atomic E-state index is 12.3. The van der Waals surface area contributed by atoms with Gasteiger partial charge in [-0.05, 0) is 37.1 Å². The first-order chi connectivity index (χ1) is 10.5. The normalized spacial score (nSPS) is 15.8. The van der Waals surface area contributed by atoms with Crippen LogP contribution in [0.25, 0.3) is 0 Å². The molecular formula is C17H19NO4. The number of carboxylic acids is 1. The molecule has 0 bridgehead atoms. The summed E-state index contributed by atoms with van der Waals surface area (Å²) in [6, 6.07) is 6.63. The molecule has 1 aliphatic rings. The van der Waals surface area contributed by atoms with Crippen LogP contribution in [-0.2, 0) is 4.79 Å². The zero-order valence-corrected chi connectivity index (χ0v) is 12.3. The number of carboxylic acid groups (broad SMARTS) is 1. The number of nitrogens with one attached hydrogen (secondary N) is 1. The number of ether oxygens (including phenoxy) is 1. The second-order valence-corrected chi connectivity index (χ2v) is 5.53. The highest BCUT2D eigenvalue weighted by Gasteiger charge is 2.37. The van der Waals surface area contributed by atoms with Gasteiger partial charge in [0.1, 0.15) is 12.4 Å². The van der Waals surface area contributed by atoms with Gasteiger partial charge in [-0.1, -0.05) is 18.8 Å². The maximum Gasteiger partial charge on any atom is 0.305 e. The summed E-state index contributed by atoms with van der Waals surface area (Å²) in [7, 11) is 0. The summed E-state index contributed by atoms with van der Waals surface area (Å²) in [5, 5.41) is 12.0. The van der Waals surface area contributed by atoms with Crippen LogP contribution < -0.4 is 10.1 Å². The fourth-order valence-corrected chi connectivity index (χ4v) is 2.83. The molecule has 0 aromatic heterocycles. The van der Waals surface area contributed by atoms with Crippen LogP contribution in [-0.4, -0.2) is 29.1 Å². The van der Waals surface area contributed by atoms with Crippen molar-refractivity contribution in [3.05, 3.63) is 29.8 Å². The number of terminal acetylenes is 1. The topological polar surface area (TPSA) is 75.6 Å². The summed E-state index contributed by atoms with van der Waals surface area (Å²) in [4.78, 5) is 23.4. The Morgan fingerprint density at radius 1 is 1.27 bits per heavy atom. The van der Waals surface area contributed by atoms with Crippen molar-refractivity contribution in [2.24, 2.45) is 0 Å². The van der Waals surface area contributed by atoms with Crippen LogP contribution >= 0.6 is 0 Å². The van der Waals surface area contributed by atoms with Gasteiger partial charge in [0.25, 0.3) is 5.91 Å². The van der Waals surface area contributed by atoms with Crippen molar-refractivity contribution in [2.75, 3.05) is 6.61 Å². The number of rotatable bonds is 6. The van der Waals surface area contributed by atoms with Crippen molar-refractivity contribution in [1.82, 2.24) is 5.32 Å². The number of hydrogen-bond acceptors (Lipinski definition) is 3. The lowest BCUT2D eigenvalue weighted by Gasteiger charge is -2.28. The van der Waals surface area contributed by atoms with Crippen molar-refractivity contribution < 1.29 is 19.4 Å². The Kier molecular flexibility index (Phi) is 5.05. The lowest BCUT2D eigenvalue weighted by Crippen LogP contribution is -2.47. The molecule has 2 N–H and O–H groups in total. The highest BCUT2D eigenvalue weighted by atomic mass is 16.5. The Morgan fingerprint density at radius 3 is 2.45 bits per heavy atom. The molecule has 0 radical (unpaired) electrons. The molecule has 5 nitrogen and oxygen atoms in total. The molecule has 2 rings (SSSR count). The van der Waals surface area contributed by atoms with Gasteiger partial charge in [-0.2, -0.15) is 0 Å². The monoisotopic (exact) mass is 301 g/mol. The van der Waals surface area contributed by atoms with Gasteiger partial charge in [0.15, 0.2) is 0 Å². The number of carbonyl (C=O) groups excluding carboxylic acids is 1. The summed E-state index contributed by atoms with van der Waals surface area (Å²) in [6.45, 7) is 0.174. The molecule has 0 unspecified atom stereocenters. The minimum absolute atomic E-state index is 0.0396. The Balaban J connectivity index is 2.04. The minimum atomic E-state index is -0.889. The Hall–Kier alpha value is -2.48. The van der Waals surface area contributed by atoms with Gasteiger partial charge in [0, 0.05) is 5.56 Å². The predicted molar refractivity (Wildman–Crippen MR) is 81.7 cm³/mol. The lowest BCUT2D eigenvalue weighted by molar-refractivity contribution is -0.138. The largest absolute Gasteiger partial charge is 0.481 e. The standard InChI is InChI=1S/C17H19NO4/c1-2-11-22-14-7-5-13(6-8-14)16(21)18-17(12-15(19)20)9-3-4-10-17/h1,5-8H,3-4,9-12H2,(H,18,21)(H,19,20). The first-order valence-corrected chi connectivity index (χ1v) is 7.25. The van der Waals surface area contributed by atoms with Crippen LogP contribution in [0.15, 0.2) is 24.3 Å². The third-order valence-electron chi connectivity index (χ3n) is 3.87. The molecule has 116 valence electrons. The zero-order chi connectivity index (χ0) is 16.0. The molecule has 1 aromatic carbocycles. The number of carbonyl (C=O) groups is 2. The fraction of sp³-hybridized carbons (Fsp3) is 0.412. The zero-order valence-electron chi connectivity index (χ0n) is 12.3. The molecular weight excluding hydrogens is 282 g/mol. The molecule has 0 atom stereocenters. The molecule has 0 heterocycles. The Morgan fingerprint density at radius 2 is 1.91 bits per heavy atom. The number of benzene rings is 1. The molecule has 0 aliphatic heterocycles. The average molecular weight is 301 g/mol. The molecule has 0 saturated heterocycles. The SMILES string of the molecule is C#CCOc1ccc(C(=O)NC2(CC(=O)O)CCCC2)cc1. The summed E-state index contributed by atoms with van der Waals surface area (Å²) >= 11 is 0. The van der Waals surface area contributed by atoms with E-state index in [-0.39, 0.29) is 18.9 Å². The Labute approximate surface area is 129 Å². The molecule has 1 saturated carbocycles. The summed E-state index contributed by atoms with van der Waals surface area (Å²) in [5.41, 5.74) is -0.147. The molecule has 1 aliphatic carbocycles. The molecule has 1 amide bonds. The van der Waals surface area contributed by atoms with E-state index in [9.17, 15) is 9.59 Å². The number of amides is 1. The van der Waals surface area contributed by atoms with Crippen LogP contribution in [0.2, 0.25) is 0 Å². The van der Waals surface area contributed by atoms with E-state index < -0.39 is 11.5 Å². The van der Waals surface area contributed by atoms with Crippen molar-refractivity contribution in [3.8, 4) is 18.1 Å². The van der Waals surface area contributed by atoms with E-state index in [1.807, 2.05) is 0 Å². The van der Waals surface area contributed by atoms with Gasteiger partial charge >= 0.3 is 5.97 Å². The number of hydrogen-bond donors (Lipinski definition) is 2. The highest BCUT2D eigenvalue weighted by molar-refractivity contribution is 5.95. The predicted octanol–water partition coefficient (Wildman–Crippen LogP) is 2.22. The summed E-state index contributed by atoms with van der Waals surface area (Å²) in [5.74, 6) is 1.81. The molecule has 0 spiro atoms. The van der Waals surface area contributed by atoms with Crippen LogP contribution in [0.3, 0.4) is 0 Å². The molecule has 22 heavy (non-hydrogen) atoms. The minimum Gasteiger partial charge on any atom is -0.481 e. The highest BCUT2D eigenvalue weighted by Crippen LogP contribution is 2.33. The van der Waals surface area contributed by atoms with Crippen LogP contribution in [0.1, 0.15) is 42.5 Å². The van der Waals surface area contributed by atoms with Gasteiger partial charge in [-0.3, -0.25) is 9.59 Å². The molecule has 5 heteroatoms. The fourth-order valence-electron chi connectivity index (χ4n) is 2.83. The van der Waals surface area contributed by atoms with Crippen LogP contribution in [0.5, 0.6) is 5.75 Å². The third kappa shape index (κ3) is 4.01. The lowest BCUT2D eigenvalue weighted by atomic mass is 9.92. The van der Waals surface area contributed by atoms with Crippen molar-refractivity contribution in [1.29, 1.82) is 0 Å². The van der Waals surface area contributed by atoms with Crippen LogP contribution in [0.4, 0.5) is 0 Å². The number of aliphatic carboxylic acids is 1. The first-order valence-electron chi connectivity index (χ1n) is 7.25. The van der Waals surface area contributed by atoms with E-state index in [0.29, 0.717) is 24.2 Å². The van der Waals surface area contributed by atoms with Gasteiger partial charge in [0.2, 0.25) is 0 Å². The average Bonchev–Trinajstić information content (AvgIpc) is 2.92. The van der Waals surface area contributed by atoms with Gasteiger partial charge in [0.05, 0.1) is 12.0 Å². The second kappa shape index (κ2) is 6.99. The third-order valence-corrected chi connectivity index (χ3v) is 3.87. The van der Waals surface area contributed by atoms with E-state index in [1.165, 1.54) is 0 Å². The van der Waals surface area contributed by atoms with E-state index >= 15 is 0 Å². The van der Waals surface area contributed by atoms with Crippen LogP contribution in [0, 0.1) is 12.3 Å². The van der Waals surface area contributed by atoms with E-state index in [4.69, 9.17) is 16.3 Å². The summed E-state index contributed by atoms with van der Waals surface area (Å²) < 4.78 is 5.25. The second-order valence-electron chi connectivity index (χ2n) is 5.53. The molecule has 1 aromatic rings. The summed E-state index contributed by atoms with van der Waals surface area (Å²) in [6.07, 6.45) is 8.35. The van der Waals surface area contributed by atoms with Crippen molar-refractivity contribution >= 4 is 11.9 Å². The van der Waals surface area contributed by atoms with Crippen molar-refractivity contribution in [3.63, 3.8) is 0 Å². The van der Waals surface area contributed by atoms with Gasteiger partial charge < -0.3 is 15.2 Å². The maximum atomic E-state index is 12.3. The molecule has 1 fully saturated rings. The smallest absolute Gasteiger partial charge is 0.305 e. The van der Waals surface area contributed by atoms with Gasteiger partial charge in [-0.15, -0.1) is 6.42 Å².